The van der Waals surface area contributed by atoms with Crippen LogP contribution in [-0.4, -0.2) is 53.3 Å². The number of hydrogen-bond acceptors (Lipinski definition) is 4. The Morgan fingerprint density at radius 2 is 2.48 bits per heavy atom. The average Bonchev–Trinajstić information content (AvgIpc) is 2.55. The number of hydrogen-bond donors (Lipinski definition) is 1. The van der Waals surface area contributed by atoms with Gasteiger partial charge in [-0.2, -0.15) is 0 Å². The fourth-order valence-corrected chi connectivity index (χ4v) is 2.22. The molecule has 1 aliphatic heterocycles. The molecule has 0 radical (unpaired) electrons. The Labute approximate surface area is 124 Å². The van der Waals surface area contributed by atoms with Gasteiger partial charge in [0.2, 0.25) is 0 Å². The highest BCUT2D eigenvalue weighted by molar-refractivity contribution is 5.96. The Morgan fingerprint density at radius 1 is 1.62 bits per heavy atom. The minimum atomic E-state index is -0.0348. The lowest BCUT2D eigenvalue weighted by Gasteiger charge is -2.32. The molecular formula is C16H20N2O3. The zero-order valence-corrected chi connectivity index (χ0v) is 12.2. The van der Waals surface area contributed by atoms with Crippen molar-refractivity contribution < 1.29 is 14.6 Å². The van der Waals surface area contributed by atoms with Gasteiger partial charge in [-0.25, -0.2) is 0 Å². The van der Waals surface area contributed by atoms with E-state index in [1.165, 1.54) is 0 Å². The standard InChI is InChI=1S/C16H20N2O3/c1-2-14-12-18(8-10-21-14)16(20)15-6-7-17-11-13(15)5-3-4-9-19/h6-7,11,14,19H,2,4,8-10,12H2,1H3. The summed E-state index contributed by atoms with van der Waals surface area (Å²) in [7, 11) is 0. The molecule has 0 spiro atoms. The predicted octanol–water partition coefficient (Wildman–Crippen LogP) is 1.07. The molecular weight excluding hydrogens is 268 g/mol. The van der Waals surface area contributed by atoms with E-state index in [0.29, 0.717) is 37.2 Å². The van der Waals surface area contributed by atoms with E-state index in [-0.39, 0.29) is 18.6 Å². The van der Waals surface area contributed by atoms with Crippen LogP contribution in [0, 0.1) is 11.8 Å². The molecule has 1 atom stereocenters. The third kappa shape index (κ3) is 4.03. The third-order valence-electron chi connectivity index (χ3n) is 3.39. The number of aliphatic hydroxyl groups is 1. The van der Waals surface area contributed by atoms with Gasteiger partial charge in [0.15, 0.2) is 0 Å². The lowest BCUT2D eigenvalue weighted by atomic mass is 10.1. The van der Waals surface area contributed by atoms with E-state index in [1.807, 2.05) is 4.90 Å². The number of rotatable bonds is 3. The second kappa shape index (κ2) is 7.77. The SMILES string of the molecule is CCC1CN(C(=O)c2ccncc2C#CCCO)CCO1. The topological polar surface area (TPSA) is 62.7 Å². The molecule has 2 rings (SSSR count). The summed E-state index contributed by atoms with van der Waals surface area (Å²) in [6.45, 7) is 3.85. The van der Waals surface area contributed by atoms with Crippen LogP contribution in [0.5, 0.6) is 0 Å². The Bertz CT molecular complexity index is 548. The largest absolute Gasteiger partial charge is 0.395 e. The molecule has 1 fully saturated rings. The molecule has 1 unspecified atom stereocenters. The molecule has 0 aliphatic carbocycles. The van der Waals surface area contributed by atoms with Gasteiger partial charge in [0, 0.05) is 31.9 Å². The summed E-state index contributed by atoms with van der Waals surface area (Å²) in [6, 6.07) is 1.70. The second-order valence-electron chi connectivity index (χ2n) is 4.85. The van der Waals surface area contributed by atoms with Crippen molar-refractivity contribution in [1.29, 1.82) is 0 Å². The fraction of sp³-hybridized carbons (Fsp3) is 0.500. The number of carbonyl (C=O) groups is 1. The maximum atomic E-state index is 12.6. The number of nitrogens with zero attached hydrogens (tertiary/aromatic N) is 2. The summed E-state index contributed by atoms with van der Waals surface area (Å²) in [6.07, 6.45) is 4.58. The highest BCUT2D eigenvalue weighted by Gasteiger charge is 2.25. The van der Waals surface area contributed by atoms with E-state index >= 15 is 0 Å². The molecule has 2 heterocycles. The summed E-state index contributed by atoms with van der Waals surface area (Å²) < 4.78 is 5.59. The first-order valence-corrected chi connectivity index (χ1v) is 7.21. The number of aliphatic hydroxyl groups excluding tert-OH is 1. The zero-order valence-electron chi connectivity index (χ0n) is 12.2. The molecule has 0 bridgehead atoms. The summed E-state index contributed by atoms with van der Waals surface area (Å²) in [5, 5.41) is 8.78. The number of morpholine rings is 1. The van der Waals surface area contributed by atoms with Crippen LogP contribution in [-0.2, 0) is 4.74 Å². The van der Waals surface area contributed by atoms with Crippen LogP contribution in [0.2, 0.25) is 0 Å². The number of amides is 1. The molecule has 21 heavy (non-hydrogen) atoms. The molecule has 1 aliphatic rings. The van der Waals surface area contributed by atoms with Crippen molar-refractivity contribution in [2.45, 2.75) is 25.9 Å². The Kier molecular flexibility index (Phi) is 5.73. The van der Waals surface area contributed by atoms with Crippen LogP contribution >= 0.6 is 0 Å². The molecule has 1 N–H and O–H groups in total. The van der Waals surface area contributed by atoms with E-state index in [2.05, 4.69) is 23.7 Å². The van der Waals surface area contributed by atoms with Crippen LogP contribution < -0.4 is 0 Å². The zero-order chi connectivity index (χ0) is 15.1. The Balaban J connectivity index is 2.17. The quantitative estimate of drug-likeness (QED) is 0.845. The van der Waals surface area contributed by atoms with Gasteiger partial charge in [0.1, 0.15) is 0 Å². The second-order valence-corrected chi connectivity index (χ2v) is 4.85. The lowest BCUT2D eigenvalue weighted by Crippen LogP contribution is -2.45. The first-order chi connectivity index (χ1) is 10.3. The molecule has 5 nitrogen and oxygen atoms in total. The monoisotopic (exact) mass is 288 g/mol. The molecule has 0 aromatic carbocycles. The minimum Gasteiger partial charge on any atom is -0.395 e. The molecule has 112 valence electrons. The van der Waals surface area contributed by atoms with Gasteiger partial charge in [-0.3, -0.25) is 9.78 Å². The molecule has 5 heteroatoms. The normalized spacial score (nSPS) is 18.0. The van der Waals surface area contributed by atoms with Gasteiger partial charge in [-0.05, 0) is 12.5 Å². The molecule has 1 aromatic heterocycles. The molecule has 1 saturated heterocycles. The van der Waals surface area contributed by atoms with Gasteiger partial charge in [0.25, 0.3) is 5.91 Å². The minimum absolute atomic E-state index is 0.0121. The summed E-state index contributed by atoms with van der Waals surface area (Å²) >= 11 is 0. The van der Waals surface area contributed by atoms with Crippen LogP contribution in [0.4, 0.5) is 0 Å². The fourth-order valence-electron chi connectivity index (χ4n) is 2.22. The molecule has 0 saturated carbocycles. The molecule has 1 amide bonds. The van der Waals surface area contributed by atoms with E-state index in [9.17, 15) is 4.79 Å². The van der Waals surface area contributed by atoms with Gasteiger partial charge in [-0.15, -0.1) is 0 Å². The average molecular weight is 288 g/mol. The van der Waals surface area contributed by atoms with Gasteiger partial charge in [0.05, 0.1) is 30.4 Å². The van der Waals surface area contributed by atoms with Gasteiger partial charge < -0.3 is 14.7 Å². The smallest absolute Gasteiger partial charge is 0.255 e. The Hall–Kier alpha value is -1.90. The van der Waals surface area contributed by atoms with Crippen molar-refractivity contribution in [1.82, 2.24) is 9.88 Å². The van der Waals surface area contributed by atoms with Crippen molar-refractivity contribution in [3.05, 3.63) is 29.6 Å². The third-order valence-corrected chi connectivity index (χ3v) is 3.39. The number of pyridine rings is 1. The van der Waals surface area contributed by atoms with Crippen molar-refractivity contribution in [2.24, 2.45) is 0 Å². The summed E-state index contributed by atoms with van der Waals surface area (Å²) in [5.41, 5.74) is 1.17. The van der Waals surface area contributed by atoms with E-state index < -0.39 is 0 Å². The van der Waals surface area contributed by atoms with Crippen LogP contribution in [0.15, 0.2) is 18.5 Å². The van der Waals surface area contributed by atoms with Crippen molar-refractivity contribution in [3.63, 3.8) is 0 Å². The van der Waals surface area contributed by atoms with E-state index in [0.717, 1.165) is 6.42 Å². The van der Waals surface area contributed by atoms with Crippen LogP contribution in [0.1, 0.15) is 35.7 Å². The van der Waals surface area contributed by atoms with E-state index in [4.69, 9.17) is 9.84 Å². The van der Waals surface area contributed by atoms with E-state index in [1.54, 1.807) is 18.5 Å². The number of carbonyl (C=O) groups excluding carboxylic acids is 1. The molecule has 1 aromatic rings. The van der Waals surface area contributed by atoms with Crippen molar-refractivity contribution in [3.8, 4) is 11.8 Å². The maximum Gasteiger partial charge on any atom is 0.255 e. The van der Waals surface area contributed by atoms with Gasteiger partial charge >= 0.3 is 0 Å². The van der Waals surface area contributed by atoms with Crippen molar-refractivity contribution >= 4 is 5.91 Å². The number of ether oxygens (including phenoxy) is 1. The lowest BCUT2D eigenvalue weighted by molar-refractivity contribution is -0.0226. The highest BCUT2D eigenvalue weighted by atomic mass is 16.5. The van der Waals surface area contributed by atoms with Crippen LogP contribution in [0.3, 0.4) is 0 Å². The maximum absolute atomic E-state index is 12.6. The number of aromatic nitrogens is 1. The Morgan fingerprint density at radius 3 is 3.24 bits per heavy atom. The summed E-state index contributed by atoms with van der Waals surface area (Å²) in [5.74, 6) is 5.71. The van der Waals surface area contributed by atoms with Gasteiger partial charge in [-0.1, -0.05) is 18.8 Å². The summed E-state index contributed by atoms with van der Waals surface area (Å²) in [4.78, 5) is 18.5. The first kappa shape index (κ1) is 15.5. The highest BCUT2D eigenvalue weighted by Crippen LogP contribution is 2.14. The first-order valence-electron chi connectivity index (χ1n) is 7.21. The van der Waals surface area contributed by atoms with Crippen LogP contribution in [0.25, 0.3) is 0 Å². The van der Waals surface area contributed by atoms with Crippen molar-refractivity contribution in [2.75, 3.05) is 26.3 Å². The predicted molar refractivity (Wildman–Crippen MR) is 78.8 cm³/mol.